The van der Waals surface area contributed by atoms with Crippen molar-refractivity contribution in [3.63, 3.8) is 0 Å². The van der Waals surface area contributed by atoms with E-state index in [1.165, 1.54) is 31.4 Å². The van der Waals surface area contributed by atoms with E-state index in [2.05, 4.69) is 28.8 Å². The van der Waals surface area contributed by atoms with Gasteiger partial charge in [0.1, 0.15) is 0 Å². The van der Waals surface area contributed by atoms with Crippen LogP contribution >= 0.6 is 11.6 Å². The van der Waals surface area contributed by atoms with Crippen LogP contribution < -0.4 is 0 Å². The van der Waals surface area contributed by atoms with E-state index in [-0.39, 0.29) is 12.2 Å². The lowest BCUT2D eigenvalue weighted by atomic mass is 10.2. The van der Waals surface area contributed by atoms with Crippen LogP contribution in [0.2, 0.25) is 0 Å². The number of hydrogen-bond donors (Lipinski definition) is 0. The third kappa shape index (κ3) is 3.35. The van der Waals surface area contributed by atoms with Crippen LogP contribution in [0.15, 0.2) is 12.3 Å². The molecule has 112 valence electrons. The fraction of sp³-hybridized carbons (Fsp3) is 0.800. The van der Waals surface area contributed by atoms with Gasteiger partial charge in [0.2, 0.25) is 0 Å². The maximum absolute atomic E-state index is 5.93. The van der Waals surface area contributed by atoms with E-state index >= 15 is 0 Å². The Kier molecular flexibility index (Phi) is 4.64. The molecular formula is C15H24ClN3O. The van der Waals surface area contributed by atoms with E-state index in [1.54, 1.807) is 0 Å². The Morgan fingerprint density at radius 3 is 2.90 bits per heavy atom. The highest BCUT2D eigenvalue weighted by molar-refractivity contribution is 6.18. The number of hydrogen-bond acceptors (Lipinski definition) is 3. The Labute approximate surface area is 126 Å². The Bertz CT molecular complexity index is 431. The highest BCUT2D eigenvalue weighted by atomic mass is 35.5. The molecule has 2 heterocycles. The van der Waals surface area contributed by atoms with Gasteiger partial charge in [-0.05, 0) is 25.8 Å². The van der Waals surface area contributed by atoms with Crippen LogP contribution in [0.3, 0.4) is 0 Å². The van der Waals surface area contributed by atoms with Gasteiger partial charge < -0.3 is 4.74 Å². The molecule has 0 aromatic carbocycles. The molecule has 1 aromatic rings. The summed E-state index contributed by atoms with van der Waals surface area (Å²) in [6, 6.07) is 2.79. The molecule has 5 heteroatoms. The van der Waals surface area contributed by atoms with Crippen LogP contribution in [0.1, 0.15) is 44.3 Å². The average Bonchev–Trinajstić information content (AvgIpc) is 3.08. The van der Waals surface area contributed by atoms with Gasteiger partial charge in [-0.2, -0.15) is 5.10 Å². The van der Waals surface area contributed by atoms with Crippen molar-refractivity contribution in [1.82, 2.24) is 14.7 Å². The Morgan fingerprint density at radius 1 is 1.35 bits per heavy atom. The summed E-state index contributed by atoms with van der Waals surface area (Å²) in [5.41, 5.74) is 1.17. The minimum absolute atomic E-state index is 0.150. The quantitative estimate of drug-likeness (QED) is 0.801. The van der Waals surface area contributed by atoms with Gasteiger partial charge in [-0.25, -0.2) is 0 Å². The first-order chi connectivity index (χ1) is 9.74. The lowest BCUT2D eigenvalue weighted by Crippen LogP contribution is -2.46. The summed E-state index contributed by atoms with van der Waals surface area (Å²) in [6.45, 7) is 4.89. The smallest absolute Gasteiger partial charge is 0.0841 e. The molecule has 3 rings (SSSR count). The van der Waals surface area contributed by atoms with E-state index in [1.807, 2.05) is 0 Å². The molecule has 0 spiro atoms. The molecule has 0 amide bonds. The van der Waals surface area contributed by atoms with Gasteiger partial charge in [-0.1, -0.05) is 12.8 Å². The molecule has 1 saturated heterocycles. The molecule has 2 aliphatic rings. The zero-order chi connectivity index (χ0) is 13.9. The van der Waals surface area contributed by atoms with Crippen LogP contribution in [0.5, 0.6) is 0 Å². The maximum Gasteiger partial charge on any atom is 0.0841 e. The molecule has 2 unspecified atom stereocenters. The summed E-state index contributed by atoms with van der Waals surface area (Å²) < 4.78 is 7.96. The molecule has 0 radical (unpaired) electrons. The Balaban J connectivity index is 1.59. The van der Waals surface area contributed by atoms with Crippen molar-refractivity contribution in [2.75, 3.05) is 19.0 Å². The number of morpholine rings is 1. The summed E-state index contributed by atoms with van der Waals surface area (Å²) in [4.78, 5) is 2.41. The fourth-order valence-corrected chi connectivity index (χ4v) is 3.59. The van der Waals surface area contributed by atoms with E-state index in [9.17, 15) is 0 Å². The van der Waals surface area contributed by atoms with Crippen molar-refractivity contribution in [1.29, 1.82) is 0 Å². The van der Waals surface area contributed by atoms with Crippen molar-refractivity contribution < 1.29 is 4.74 Å². The Hall–Kier alpha value is -0.580. The van der Waals surface area contributed by atoms with Crippen molar-refractivity contribution in [2.24, 2.45) is 0 Å². The van der Waals surface area contributed by atoms with E-state index in [0.29, 0.717) is 11.9 Å². The van der Waals surface area contributed by atoms with Gasteiger partial charge in [0, 0.05) is 31.7 Å². The van der Waals surface area contributed by atoms with Crippen LogP contribution in [-0.2, 0) is 11.3 Å². The van der Waals surface area contributed by atoms with Crippen molar-refractivity contribution in [2.45, 2.75) is 57.4 Å². The first kappa shape index (κ1) is 14.4. The maximum atomic E-state index is 5.93. The summed E-state index contributed by atoms with van der Waals surface area (Å²) in [7, 11) is 0. The molecule has 2 fully saturated rings. The molecule has 1 aliphatic carbocycles. The molecule has 0 N–H and O–H groups in total. The molecular weight excluding hydrogens is 274 g/mol. The molecule has 1 saturated carbocycles. The molecule has 1 aliphatic heterocycles. The predicted molar refractivity (Wildman–Crippen MR) is 80.1 cm³/mol. The topological polar surface area (TPSA) is 30.3 Å². The predicted octanol–water partition coefficient (Wildman–Crippen LogP) is 2.83. The average molecular weight is 298 g/mol. The first-order valence-electron chi connectivity index (χ1n) is 7.72. The largest absolute Gasteiger partial charge is 0.371 e. The second-order valence-corrected chi connectivity index (χ2v) is 6.45. The first-order valence-corrected chi connectivity index (χ1v) is 8.26. The van der Waals surface area contributed by atoms with E-state index < -0.39 is 0 Å². The van der Waals surface area contributed by atoms with Gasteiger partial charge in [0.25, 0.3) is 0 Å². The molecule has 0 bridgehead atoms. The number of ether oxygens (including phenoxy) is 1. The SMILES string of the molecule is CC1CN(Cc2ccn(C3CCCC3)n2)CC(CCl)O1. The number of halogens is 1. The monoisotopic (exact) mass is 297 g/mol. The summed E-state index contributed by atoms with van der Waals surface area (Å²) in [6.07, 6.45) is 7.81. The molecule has 4 nitrogen and oxygen atoms in total. The van der Waals surface area contributed by atoms with Crippen molar-refractivity contribution >= 4 is 11.6 Å². The summed E-state index contributed by atoms with van der Waals surface area (Å²) in [5.74, 6) is 0.567. The third-order valence-corrected chi connectivity index (χ3v) is 4.67. The van der Waals surface area contributed by atoms with Crippen molar-refractivity contribution in [3.05, 3.63) is 18.0 Å². The van der Waals surface area contributed by atoms with Crippen LogP contribution in [-0.4, -0.2) is 45.9 Å². The Morgan fingerprint density at radius 2 is 2.15 bits per heavy atom. The van der Waals surface area contributed by atoms with E-state index in [4.69, 9.17) is 21.4 Å². The van der Waals surface area contributed by atoms with Crippen LogP contribution in [0.4, 0.5) is 0 Å². The van der Waals surface area contributed by atoms with Crippen molar-refractivity contribution in [3.8, 4) is 0 Å². The zero-order valence-corrected chi connectivity index (χ0v) is 12.9. The summed E-state index contributed by atoms with van der Waals surface area (Å²) >= 11 is 5.93. The minimum Gasteiger partial charge on any atom is -0.371 e. The number of aromatic nitrogens is 2. The second-order valence-electron chi connectivity index (χ2n) is 6.14. The molecule has 20 heavy (non-hydrogen) atoms. The minimum atomic E-state index is 0.150. The number of alkyl halides is 1. The van der Waals surface area contributed by atoms with Gasteiger partial charge in [-0.15, -0.1) is 11.6 Å². The molecule has 1 aromatic heterocycles. The van der Waals surface area contributed by atoms with E-state index in [0.717, 1.165) is 19.6 Å². The normalized spacial score (nSPS) is 29.1. The van der Waals surface area contributed by atoms with Gasteiger partial charge in [0.15, 0.2) is 0 Å². The lowest BCUT2D eigenvalue weighted by molar-refractivity contribution is -0.0692. The summed E-state index contributed by atoms with van der Waals surface area (Å²) in [5, 5.41) is 4.76. The van der Waals surface area contributed by atoms with Crippen LogP contribution in [0, 0.1) is 0 Å². The standard InChI is InChI=1S/C15H24ClN3O/c1-12-9-18(11-15(8-16)20-12)10-13-6-7-19(17-13)14-4-2-3-5-14/h6-7,12,14-15H,2-5,8-11H2,1H3. The van der Waals surface area contributed by atoms with Gasteiger partial charge in [-0.3, -0.25) is 9.58 Å². The van der Waals surface area contributed by atoms with Gasteiger partial charge >= 0.3 is 0 Å². The van der Waals surface area contributed by atoms with Crippen LogP contribution in [0.25, 0.3) is 0 Å². The number of nitrogens with zero attached hydrogens (tertiary/aromatic N) is 3. The van der Waals surface area contributed by atoms with Gasteiger partial charge in [0.05, 0.1) is 23.9 Å². The number of rotatable bonds is 4. The highest BCUT2D eigenvalue weighted by Crippen LogP contribution is 2.28. The third-order valence-electron chi connectivity index (χ3n) is 4.32. The highest BCUT2D eigenvalue weighted by Gasteiger charge is 2.25. The second kappa shape index (κ2) is 6.46. The molecule has 2 atom stereocenters. The lowest BCUT2D eigenvalue weighted by Gasteiger charge is -2.35. The fourth-order valence-electron chi connectivity index (χ4n) is 3.42. The zero-order valence-electron chi connectivity index (χ0n) is 12.2.